The van der Waals surface area contributed by atoms with E-state index in [4.69, 9.17) is 16.0 Å². The Morgan fingerprint density at radius 1 is 1.58 bits per heavy atom. The minimum atomic E-state index is -0.111. The lowest BCUT2D eigenvalue weighted by molar-refractivity contribution is 0.0436. The number of rotatable bonds is 4. The largest absolute Gasteiger partial charge is 0.409 e. The molecule has 5 nitrogen and oxygen atoms in total. The summed E-state index contributed by atoms with van der Waals surface area (Å²) in [5.74, 6) is 0.737. The van der Waals surface area contributed by atoms with Gasteiger partial charge in [-0.15, -0.1) is 0 Å². The molecule has 1 fully saturated rings. The van der Waals surface area contributed by atoms with E-state index in [0.717, 1.165) is 19.4 Å². The van der Waals surface area contributed by atoms with Crippen molar-refractivity contribution in [1.29, 1.82) is 0 Å². The average molecular weight is 173 g/mol. The van der Waals surface area contributed by atoms with Crippen LogP contribution in [0.15, 0.2) is 5.16 Å². The zero-order valence-electron chi connectivity index (χ0n) is 6.90. The Morgan fingerprint density at radius 2 is 2.25 bits per heavy atom. The van der Waals surface area contributed by atoms with Crippen LogP contribution in [0.4, 0.5) is 0 Å². The van der Waals surface area contributed by atoms with Crippen molar-refractivity contribution in [1.82, 2.24) is 5.32 Å². The molecule has 1 aliphatic carbocycles. The maximum absolute atomic E-state index is 8.96. The summed E-state index contributed by atoms with van der Waals surface area (Å²) in [6.45, 7) is 1.23. The molecule has 0 saturated heterocycles. The molecule has 0 amide bonds. The van der Waals surface area contributed by atoms with E-state index in [0.29, 0.717) is 12.5 Å². The van der Waals surface area contributed by atoms with Crippen LogP contribution in [0.1, 0.15) is 12.8 Å². The van der Waals surface area contributed by atoms with Crippen LogP contribution >= 0.6 is 0 Å². The predicted octanol–water partition coefficient (Wildman–Crippen LogP) is -0.907. The number of oxime groups is 1. The van der Waals surface area contributed by atoms with E-state index in [-0.39, 0.29) is 11.9 Å². The predicted molar refractivity (Wildman–Crippen MR) is 45.0 cm³/mol. The van der Waals surface area contributed by atoms with E-state index in [1.54, 1.807) is 0 Å². The summed E-state index contributed by atoms with van der Waals surface area (Å²) in [5, 5.41) is 23.0. The Labute approximate surface area is 71.3 Å². The number of aliphatic hydroxyl groups excluding tert-OH is 1. The van der Waals surface area contributed by atoms with Crippen molar-refractivity contribution in [3.63, 3.8) is 0 Å². The highest BCUT2D eigenvalue weighted by atomic mass is 16.4. The van der Waals surface area contributed by atoms with Crippen LogP contribution in [-0.2, 0) is 0 Å². The molecule has 1 aliphatic rings. The van der Waals surface area contributed by atoms with Gasteiger partial charge in [0.15, 0.2) is 5.84 Å². The second kappa shape index (κ2) is 4.27. The Hall–Kier alpha value is -0.810. The van der Waals surface area contributed by atoms with Crippen LogP contribution in [0, 0.1) is 5.92 Å². The molecule has 0 spiro atoms. The number of hydrogen-bond donors (Lipinski definition) is 4. The molecular weight excluding hydrogens is 158 g/mol. The summed E-state index contributed by atoms with van der Waals surface area (Å²) < 4.78 is 0. The summed E-state index contributed by atoms with van der Waals surface area (Å²) in [7, 11) is 0. The normalized spacial score (nSPS) is 29.9. The molecule has 0 unspecified atom stereocenters. The summed E-state index contributed by atoms with van der Waals surface area (Å²) >= 11 is 0. The quantitative estimate of drug-likeness (QED) is 0.192. The second-order valence-corrected chi connectivity index (χ2v) is 3.21. The van der Waals surface area contributed by atoms with Crippen LogP contribution in [0.5, 0.6) is 0 Å². The van der Waals surface area contributed by atoms with Crippen LogP contribution in [0.3, 0.4) is 0 Å². The number of nitrogens with zero attached hydrogens (tertiary/aromatic N) is 1. The molecule has 12 heavy (non-hydrogen) atoms. The Kier molecular flexibility index (Phi) is 3.31. The first-order chi connectivity index (χ1) is 5.72. The standard InChI is InChI=1S/C7H15N3O2/c8-7(10-12)4-9-3-5-1-6(11)2-5/h5-6,9,11-12H,1-4H2,(H2,8,10). The zero-order chi connectivity index (χ0) is 8.97. The highest BCUT2D eigenvalue weighted by Gasteiger charge is 2.26. The third kappa shape index (κ3) is 2.67. The van der Waals surface area contributed by atoms with Gasteiger partial charge in [-0.1, -0.05) is 5.16 Å². The molecule has 70 valence electrons. The Morgan fingerprint density at radius 3 is 2.75 bits per heavy atom. The molecular formula is C7H15N3O2. The van der Waals surface area contributed by atoms with Gasteiger partial charge in [-0.2, -0.15) is 0 Å². The van der Waals surface area contributed by atoms with E-state index < -0.39 is 0 Å². The fourth-order valence-electron chi connectivity index (χ4n) is 1.31. The van der Waals surface area contributed by atoms with Crippen molar-refractivity contribution < 1.29 is 10.3 Å². The smallest absolute Gasteiger partial charge is 0.153 e. The molecule has 1 rings (SSSR count). The second-order valence-electron chi connectivity index (χ2n) is 3.21. The van der Waals surface area contributed by atoms with E-state index in [9.17, 15) is 0 Å². The Balaban J connectivity index is 1.96. The monoisotopic (exact) mass is 173 g/mol. The maximum atomic E-state index is 8.96. The van der Waals surface area contributed by atoms with Crippen LogP contribution < -0.4 is 11.1 Å². The SMILES string of the molecule is NC(CNCC1CC(O)C1)=NO. The topological polar surface area (TPSA) is 90.9 Å². The summed E-state index contributed by atoms with van der Waals surface area (Å²) in [6.07, 6.45) is 1.62. The summed E-state index contributed by atoms with van der Waals surface area (Å²) in [6, 6.07) is 0. The molecule has 0 atom stereocenters. The molecule has 0 aromatic rings. The van der Waals surface area contributed by atoms with E-state index in [1.165, 1.54) is 0 Å². The first-order valence-electron chi connectivity index (χ1n) is 4.07. The van der Waals surface area contributed by atoms with Crippen molar-refractivity contribution in [2.75, 3.05) is 13.1 Å². The number of aliphatic hydroxyl groups is 1. The molecule has 0 bridgehead atoms. The lowest BCUT2D eigenvalue weighted by atomic mass is 9.82. The van der Waals surface area contributed by atoms with Crippen molar-refractivity contribution in [3.8, 4) is 0 Å². The molecule has 5 N–H and O–H groups in total. The third-order valence-electron chi connectivity index (χ3n) is 2.08. The van der Waals surface area contributed by atoms with Gasteiger partial charge >= 0.3 is 0 Å². The van der Waals surface area contributed by atoms with E-state index >= 15 is 0 Å². The van der Waals surface area contributed by atoms with Crippen molar-refractivity contribution in [3.05, 3.63) is 0 Å². The molecule has 0 aromatic carbocycles. The van der Waals surface area contributed by atoms with E-state index in [1.807, 2.05) is 0 Å². The first kappa shape index (κ1) is 9.28. The Bertz CT molecular complexity index is 166. The molecule has 0 radical (unpaired) electrons. The summed E-state index contributed by atoms with van der Waals surface area (Å²) in [5.41, 5.74) is 5.23. The third-order valence-corrected chi connectivity index (χ3v) is 2.08. The van der Waals surface area contributed by atoms with Gasteiger partial charge in [-0.3, -0.25) is 0 Å². The minimum Gasteiger partial charge on any atom is -0.409 e. The maximum Gasteiger partial charge on any atom is 0.153 e. The highest BCUT2D eigenvalue weighted by Crippen LogP contribution is 2.25. The molecule has 0 aromatic heterocycles. The number of amidine groups is 1. The van der Waals surface area contributed by atoms with Gasteiger partial charge < -0.3 is 21.4 Å². The van der Waals surface area contributed by atoms with Gasteiger partial charge in [0.25, 0.3) is 0 Å². The van der Waals surface area contributed by atoms with Gasteiger partial charge in [0, 0.05) is 0 Å². The number of nitrogens with one attached hydrogen (secondary N) is 1. The highest BCUT2D eigenvalue weighted by molar-refractivity contribution is 5.81. The summed E-state index contributed by atoms with van der Waals surface area (Å²) in [4.78, 5) is 0. The van der Waals surface area contributed by atoms with Crippen molar-refractivity contribution >= 4 is 5.84 Å². The van der Waals surface area contributed by atoms with E-state index in [2.05, 4.69) is 10.5 Å². The minimum absolute atomic E-state index is 0.111. The van der Waals surface area contributed by atoms with Gasteiger partial charge in [-0.25, -0.2) is 0 Å². The molecule has 0 aliphatic heterocycles. The van der Waals surface area contributed by atoms with Crippen LogP contribution in [-0.4, -0.2) is 35.3 Å². The molecule has 5 heteroatoms. The molecule has 0 heterocycles. The number of hydrogen-bond acceptors (Lipinski definition) is 4. The first-order valence-corrected chi connectivity index (χ1v) is 4.07. The van der Waals surface area contributed by atoms with Crippen LogP contribution in [0.2, 0.25) is 0 Å². The van der Waals surface area contributed by atoms with Gasteiger partial charge in [0.2, 0.25) is 0 Å². The lowest BCUT2D eigenvalue weighted by Crippen LogP contribution is -2.39. The van der Waals surface area contributed by atoms with Gasteiger partial charge in [0.05, 0.1) is 12.6 Å². The zero-order valence-corrected chi connectivity index (χ0v) is 6.90. The van der Waals surface area contributed by atoms with Gasteiger partial charge in [-0.05, 0) is 25.3 Å². The van der Waals surface area contributed by atoms with Crippen molar-refractivity contribution in [2.24, 2.45) is 16.8 Å². The number of nitrogens with two attached hydrogens (primary N) is 1. The van der Waals surface area contributed by atoms with Gasteiger partial charge in [0.1, 0.15) is 0 Å². The average Bonchev–Trinajstić information content (AvgIpc) is 2.01. The van der Waals surface area contributed by atoms with Crippen molar-refractivity contribution in [2.45, 2.75) is 18.9 Å². The molecule has 1 saturated carbocycles. The lowest BCUT2D eigenvalue weighted by Gasteiger charge is -2.31. The van der Waals surface area contributed by atoms with Crippen LogP contribution in [0.25, 0.3) is 0 Å². The fraction of sp³-hybridized carbons (Fsp3) is 0.857. The fourth-order valence-corrected chi connectivity index (χ4v) is 1.31.